The van der Waals surface area contributed by atoms with Crippen LogP contribution >= 0.6 is 0 Å². The van der Waals surface area contributed by atoms with E-state index < -0.39 is 98.3 Å². The van der Waals surface area contributed by atoms with Gasteiger partial charge in [0.15, 0.2) is 12.5 Å². The molecule has 9 N–H and O–H groups in total. The fourth-order valence-corrected chi connectivity index (χ4v) is 5.58. The van der Waals surface area contributed by atoms with Crippen LogP contribution in [-0.2, 0) is 30.3 Å². The smallest absolute Gasteiger partial charge is 0.255 e. The summed E-state index contributed by atoms with van der Waals surface area (Å²) in [4.78, 5) is 38.4. The number of hydrogen-bond acceptors (Lipinski definition) is 14. The van der Waals surface area contributed by atoms with Crippen LogP contribution in [0.2, 0.25) is 0 Å². The summed E-state index contributed by atoms with van der Waals surface area (Å²) in [6, 6.07) is 3.92. The molecule has 0 radical (unpaired) electrons. The van der Waals surface area contributed by atoms with Gasteiger partial charge in [-0.05, 0) is 18.6 Å². The van der Waals surface area contributed by atoms with Gasteiger partial charge in [-0.1, -0.05) is 6.07 Å². The van der Waals surface area contributed by atoms with Crippen molar-refractivity contribution in [2.45, 2.75) is 86.8 Å². The van der Waals surface area contributed by atoms with E-state index in [1.807, 2.05) is 0 Å². The fraction of sp³-hybridized carbons (Fsp3) is 0.640. The minimum absolute atomic E-state index is 0.0290. The lowest BCUT2D eigenvalue weighted by molar-refractivity contribution is -0.340. The number of carbonyl (C=O) groups excluding carboxylic acids is 3. The third-order valence-corrected chi connectivity index (χ3v) is 7.88. The zero-order chi connectivity index (χ0) is 29.6. The van der Waals surface area contributed by atoms with E-state index in [1.165, 1.54) is 4.90 Å². The van der Waals surface area contributed by atoms with E-state index in [9.17, 15) is 50.1 Å². The molecule has 41 heavy (non-hydrogen) atoms. The van der Waals surface area contributed by atoms with Gasteiger partial charge < -0.3 is 60.2 Å². The Kier molecular flexibility index (Phi) is 8.58. The first kappa shape index (κ1) is 29.7. The average Bonchev–Trinajstić information content (AvgIpc) is 3.29. The number of hydrogen-bond donors (Lipinski definition) is 9. The molecule has 0 spiro atoms. The molecule has 226 valence electrons. The van der Waals surface area contributed by atoms with E-state index in [0.717, 1.165) is 0 Å². The molecular weight excluding hydrogens is 550 g/mol. The molecule has 11 atom stereocenters. The molecule has 4 heterocycles. The number of anilines is 1. The van der Waals surface area contributed by atoms with Crippen molar-refractivity contribution in [3.8, 4) is 0 Å². The highest BCUT2D eigenvalue weighted by Crippen LogP contribution is 2.35. The van der Waals surface area contributed by atoms with Crippen LogP contribution in [0.25, 0.3) is 0 Å². The first-order chi connectivity index (χ1) is 19.5. The van der Waals surface area contributed by atoms with Crippen molar-refractivity contribution in [1.82, 2.24) is 10.2 Å². The average molecular weight is 584 g/mol. The molecule has 4 aliphatic rings. The van der Waals surface area contributed by atoms with Crippen molar-refractivity contribution >= 4 is 23.4 Å². The maximum absolute atomic E-state index is 13.1. The Bertz CT molecular complexity index is 1170. The van der Waals surface area contributed by atoms with Crippen LogP contribution in [0.3, 0.4) is 0 Å². The maximum atomic E-state index is 13.1. The lowest BCUT2D eigenvalue weighted by Gasteiger charge is -2.46. The van der Waals surface area contributed by atoms with Gasteiger partial charge >= 0.3 is 0 Å². The molecule has 16 heteroatoms. The lowest BCUT2D eigenvalue weighted by atomic mass is 9.96. The normalized spacial score (nSPS) is 39.4. The number of benzene rings is 1. The number of aliphatic hydroxyl groups is 7. The van der Waals surface area contributed by atoms with Crippen LogP contribution in [0.1, 0.15) is 28.8 Å². The Morgan fingerprint density at radius 1 is 0.927 bits per heavy atom. The third-order valence-electron chi connectivity index (χ3n) is 7.88. The fourth-order valence-electron chi connectivity index (χ4n) is 5.58. The van der Waals surface area contributed by atoms with E-state index in [4.69, 9.17) is 14.2 Å². The van der Waals surface area contributed by atoms with Crippen LogP contribution < -0.4 is 10.6 Å². The van der Waals surface area contributed by atoms with Crippen molar-refractivity contribution in [3.63, 3.8) is 0 Å². The van der Waals surface area contributed by atoms with Gasteiger partial charge in [-0.3, -0.25) is 19.7 Å². The summed E-state index contributed by atoms with van der Waals surface area (Å²) in [7, 11) is 0. The number of piperidine rings is 1. The second-order valence-electron chi connectivity index (χ2n) is 10.4. The molecule has 0 aliphatic carbocycles. The van der Waals surface area contributed by atoms with E-state index in [0.29, 0.717) is 16.8 Å². The largest absolute Gasteiger partial charge is 0.394 e. The van der Waals surface area contributed by atoms with Gasteiger partial charge in [0.25, 0.3) is 5.91 Å². The number of amides is 3. The number of aliphatic hydroxyl groups excluding tert-OH is 7. The van der Waals surface area contributed by atoms with Gasteiger partial charge in [0.1, 0.15) is 54.9 Å². The first-order valence-corrected chi connectivity index (χ1v) is 13.2. The van der Waals surface area contributed by atoms with Gasteiger partial charge in [0.05, 0.1) is 13.2 Å². The zero-order valence-electron chi connectivity index (χ0n) is 21.6. The van der Waals surface area contributed by atoms with Gasteiger partial charge in [-0.15, -0.1) is 0 Å². The highest BCUT2D eigenvalue weighted by Gasteiger charge is 2.51. The molecule has 16 nitrogen and oxygen atoms in total. The molecule has 1 unspecified atom stereocenters. The summed E-state index contributed by atoms with van der Waals surface area (Å²) in [6.07, 6.45) is -15.3. The number of ether oxygens (including phenoxy) is 3. The van der Waals surface area contributed by atoms with Crippen molar-refractivity contribution in [2.24, 2.45) is 0 Å². The van der Waals surface area contributed by atoms with Crippen LogP contribution in [0.15, 0.2) is 18.2 Å². The molecule has 1 aromatic rings. The zero-order valence-corrected chi connectivity index (χ0v) is 21.6. The predicted molar refractivity (Wildman–Crippen MR) is 133 cm³/mol. The van der Waals surface area contributed by atoms with Gasteiger partial charge in [-0.2, -0.15) is 0 Å². The second-order valence-corrected chi connectivity index (χ2v) is 10.4. The summed E-state index contributed by atoms with van der Waals surface area (Å²) < 4.78 is 16.7. The minimum atomic E-state index is -1.79. The Morgan fingerprint density at radius 3 is 2.34 bits per heavy atom. The molecule has 0 saturated carbocycles. The molecule has 3 fully saturated rings. The standard InChI is InChI=1S/C25H33N3O13/c29-7-13-16(32)17(33)20(36)25(40-13)41-21-14(8-30)39-23(19(35)18(21)34)26-11-3-1-2-9-10(11)6-28(24(9)38)12-4-5-15(31)27-22(12)37/h1-3,12-14,16-21,23,25-26,29-30,32-36H,4-8H2,(H,27,31,37)/t12?,13-,14-,16+,17+,18-,19-,20-,21-,23-,25+/m1/s1. The predicted octanol–water partition coefficient (Wildman–Crippen LogP) is -4.52. The molecular formula is C25H33N3O13. The van der Waals surface area contributed by atoms with Gasteiger partial charge in [0.2, 0.25) is 11.8 Å². The molecule has 5 rings (SSSR count). The second kappa shape index (κ2) is 11.8. The van der Waals surface area contributed by atoms with E-state index in [2.05, 4.69) is 10.6 Å². The summed E-state index contributed by atoms with van der Waals surface area (Å²) in [6.45, 7) is -1.39. The van der Waals surface area contributed by atoms with E-state index in [-0.39, 0.29) is 19.4 Å². The summed E-state index contributed by atoms with van der Waals surface area (Å²) in [5.41, 5.74) is 1.15. The molecule has 4 aliphatic heterocycles. The topological polar surface area (TPSA) is 248 Å². The van der Waals surface area contributed by atoms with Gasteiger partial charge in [-0.25, -0.2) is 0 Å². The van der Waals surface area contributed by atoms with E-state index in [1.54, 1.807) is 18.2 Å². The van der Waals surface area contributed by atoms with Crippen LogP contribution in [0.4, 0.5) is 5.69 Å². The number of rotatable bonds is 7. The van der Waals surface area contributed by atoms with E-state index >= 15 is 0 Å². The quantitative estimate of drug-likeness (QED) is 0.137. The van der Waals surface area contributed by atoms with Crippen LogP contribution in [0.5, 0.6) is 0 Å². The van der Waals surface area contributed by atoms with Crippen molar-refractivity contribution in [2.75, 3.05) is 18.5 Å². The van der Waals surface area contributed by atoms with Crippen molar-refractivity contribution < 1.29 is 64.3 Å². The number of nitrogens with one attached hydrogen (secondary N) is 2. The number of nitrogens with zero attached hydrogens (tertiary/aromatic N) is 1. The molecule has 3 amide bonds. The highest BCUT2D eigenvalue weighted by atomic mass is 16.7. The summed E-state index contributed by atoms with van der Waals surface area (Å²) >= 11 is 0. The monoisotopic (exact) mass is 583 g/mol. The summed E-state index contributed by atoms with van der Waals surface area (Å²) in [5.74, 6) is -1.39. The van der Waals surface area contributed by atoms with Crippen molar-refractivity contribution in [1.29, 1.82) is 0 Å². The molecule has 3 saturated heterocycles. The third kappa shape index (κ3) is 5.43. The maximum Gasteiger partial charge on any atom is 0.255 e. The number of fused-ring (bicyclic) bond motifs is 1. The van der Waals surface area contributed by atoms with Gasteiger partial charge in [0, 0.05) is 29.8 Å². The lowest BCUT2D eigenvalue weighted by Crippen LogP contribution is -2.65. The minimum Gasteiger partial charge on any atom is -0.394 e. The SMILES string of the molecule is O=C1CCC(N2Cc3c(N[C@@H]4O[C@H](CO)[C@@H](O[C@@H]5O[C@H](CO)[C@H](O)[C@H](O)[C@H]5O)[C@H](O)[C@H]4O)cccc3C2=O)C(=O)N1. The number of imide groups is 1. The number of carbonyl (C=O) groups is 3. The Balaban J connectivity index is 1.30. The summed E-state index contributed by atoms with van der Waals surface area (Å²) in [5, 5.41) is 76.6. The van der Waals surface area contributed by atoms with Crippen LogP contribution in [0, 0.1) is 0 Å². The Labute approximate surface area is 233 Å². The first-order valence-electron chi connectivity index (χ1n) is 13.2. The Hall–Kier alpha value is -2.77. The van der Waals surface area contributed by atoms with Crippen molar-refractivity contribution in [3.05, 3.63) is 29.3 Å². The molecule has 0 bridgehead atoms. The molecule has 0 aromatic heterocycles. The van der Waals surface area contributed by atoms with Crippen LogP contribution in [-0.4, -0.2) is 139 Å². The molecule has 1 aromatic carbocycles. The Morgan fingerprint density at radius 2 is 1.66 bits per heavy atom. The highest BCUT2D eigenvalue weighted by molar-refractivity contribution is 6.06.